The lowest BCUT2D eigenvalue weighted by molar-refractivity contribution is -0.145. The minimum atomic E-state index is -1.69. The van der Waals surface area contributed by atoms with Crippen LogP contribution in [0.3, 0.4) is 0 Å². The smallest absolute Gasteiger partial charge is 0.408 e. The van der Waals surface area contributed by atoms with Crippen molar-refractivity contribution in [2.45, 2.75) is 39.3 Å². The lowest BCUT2D eigenvalue weighted by atomic mass is 10.2. The van der Waals surface area contributed by atoms with Gasteiger partial charge in [-0.1, -0.05) is 0 Å². The molecule has 1 unspecified atom stereocenters. The van der Waals surface area contributed by atoms with Crippen molar-refractivity contribution >= 4 is 28.8 Å². The highest BCUT2D eigenvalue weighted by Crippen LogP contribution is 2.07. The van der Waals surface area contributed by atoms with Crippen LogP contribution in [0.4, 0.5) is 4.79 Å². The second kappa shape index (κ2) is 9.98. The highest BCUT2D eigenvalue weighted by atomic mass is 32.2. The fourth-order valence-corrected chi connectivity index (χ4v) is 2.20. The van der Waals surface area contributed by atoms with Gasteiger partial charge in [-0.15, -0.1) is 0 Å². The molecule has 0 aromatic carbocycles. The number of hydrogen-bond acceptors (Lipinski definition) is 7. The lowest BCUT2D eigenvalue weighted by Crippen LogP contribution is -2.47. The number of nitrogens with one attached hydrogen (secondary N) is 1. The molecule has 0 saturated carbocycles. The summed E-state index contributed by atoms with van der Waals surface area (Å²) in [4.78, 5) is 34.5. The van der Waals surface area contributed by atoms with Gasteiger partial charge in [-0.05, 0) is 27.7 Å². The second-order valence-corrected chi connectivity index (χ2v) is 6.69. The maximum absolute atomic E-state index is 11.9. The molecule has 0 heterocycles. The molecular formula is C14H23NO7S. The summed E-state index contributed by atoms with van der Waals surface area (Å²) in [7, 11) is -0.507. The van der Waals surface area contributed by atoms with Crippen molar-refractivity contribution in [2.24, 2.45) is 0 Å². The van der Waals surface area contributed by atoms with E-state index in [1.165, 1.54) is 7.11 Å². The molecule has 1 N–H and O–H groups in total. The number of methoxy groups -OCH3 is 1. The van der Waals surface area contributed by atoms with Crippen molar-refractivity contribution in [1.29, 1.82) is 0 Å². The first-order valence-corrected chi connectivity index (χ1v) is 8.26. The van der Waals surface area contributed by atoms with Crippen LogP contribution in [0.2, 0.25) is 0 Å². The third-order valence-corrected chi connectivity index (χ3v) is 3.25. The van der Waals surface area contributed by atoms with E-state index in [2.05, 4.69) is 10.1 Å². The number of carbonyl (C=O) groups excluding carboxylic acids is 3. The van der Waals surface area contributed by atoms with Gasteiger partial charge in [0.1, 0.15) is 11.6 Å². The fraction of sp³-hybridized carbons (Fsp3) is 0.643. The van der Waals surface area contributed by atoms with E-state index in [1.54, 1.807) is 27.7 Å². The predicted octanol–water partition coefficient (Wildman–Crippen LogP) is 0.878. The summed E-state index contributed by atoms with van der Waals surface area (Å²) >= 11 is 0. The summed E-state index contributed by atoms with van der Waals surface area (Å²) in [5, 5.41) is 3.39. The van der Waals surface area contributed by atoms with Gasteiger partial charge in [0.15, 0.2) is 0 Å². The molecule has 0 aliphatic carbocycles. The van der Waals surface area contributed by atoms with Gasteiger partial charge in [0.05, 0.1) is 19.5 Å². The number of rotatable bonds is 7. The normalized spacial score (nSPS) is 14.0. The van der Waals surface area contributed by atoms with Gasteiger partial charge in [-0.3, -0.25) is 4.21 Å². The van der Waals surface area contributed by atoms with Gasteiger partial charge in [0, 0.05) is 22.3 Å². The van der Waals surface area contributed by atoms with Crippen molar-refractivity contribution in [3.8, 4) is 0 Å². The number of ether oxygens (including phenoxy) is 3. The van der Waals surface area contributed by atoms with E-state index in [9.17, 15) is 18.6 Å². The number of amides is 1. The summed E-state index contributed by atoms with van der Waals surface area (Å²) in [5.41, 5.74) is -0.743. The summed E-state index contributed by atoms with van der Waals surface area (Å²) in [5.74, 6) is -1.67. The Morgan fingerprint density at radius 1 is 1.26 bits per heavy atom. The van der Waals surface area contributed by atoms with Crippen LogP contribution >= 0.6 is 0 Å². The third-order valence-electron chi connectivity index (χ3n) is 2.15. The Bertz CT molecular complexity index is 482. The van der Waals surface area contributed by atoms with Crippen LogP contribution in [0, 0.1) is 0 Å². The molecule has 0 aliphatic heterocycles. The summed E-state index contributed by atoms with van der Waals surface area (Å²) in [6.45, 7) is 6.72. The van der Waals surface area contributed by atoms with E-state index in [1.807, 2.05) is 0 Å². The molecule has 0 fully saturated rings. The van der Waals surface area contributed by atoms with E-state index in [0.717, 1.165) is 11.5 Å². The first-order chi connectivity index (χ1) is 10.6. The van der Waals surface area contributed by atoms with Crippen LogP contribution in [-0.4, -0.2) is 53.4 Å². The fourth-order valence-electron chi connectivity index (χ4n) is 1.28. The van der Waals surface area contributed by atoms with Crippen molar-refractivity contribution in [3.63, 3.8) is 0 Å². The third kappa shape index (κ3) is 10.5. The molecule has 0 bridgehead atoms. The average molecular weight is 349 g/mol. The Kier molecular flexibility index (Phi) is 9.16. The van der Waals surface area contributed by atoms with Crippen molar-refractivity contribution in [1.82, 2.24) is 5.32 Å². The zero-order chi connectivity index (χ0) is 18.0. The molecule has 2 atom stereocenters. The van der Waals surface area contributed by atoms with Crippen LogP contribution in [0.15, 0.2) is 11.5 Å². The molecule has 9 heteroatoms. The van der Waals surface area contributed by atoms with Crippen molar-refractivity contribution < 1.29 is 32.8 Å². The quantitative estimate of drug-likeness (QED) is 0.413. The minimum absolute atomic E-state index is 0.107. The van der Waals surface area contributed by atoms with E-state index in [-0.39, 0.29) is 12.4 Å². The van der Waals surface area contributed by atoms with Gasteiger partial charge in [-0.2, -0.15) is 0 Å². The van der Waals surface area contributed by atoms with Gasteiger partial charge >= 0.3 is 18.0 Å². The maximum atomic E-state index is 11.9. The number of alkyl carbamates (subject to hydrolysis) is 1. The van der Waals surface area contributed by atoms with Gasteiger partial charge < -0.3 is 19.5 Å². The van der Waals surface area contributed by atoms with Crippen LogP contribution in [0.5, 0.6) is 0 Å². The van der Waals surface area contributed by atoms with Gasteiger partial charge in [0.25, 0.3) is 0 Å². The molecule has 0 aromatic heterocycles. The van der Waals surface area contributed by atoms with Crippen molar-refractivity contribution in [2.75, 3.05) is 19.5 Å². The molecule has 1 amide bonds. The van der Waals surface area contributed by atoms with Crippen LogP contribution in [-0.2, 0) is 34.6 Å². The van der Waals surface area contributed by atoms with E-state index < -0.39 is 40.5 Å². The minimum Gasteiger partial charge on any atom is -0.466 e. The highest BCUT2D eigenvalue weighted by Gasteiger charge is 2.26. The monoisotopic (exact) mass is 349 g/mol. The second-order valence-electron chi connectivity index (χ2n) is 5.32. The predicted molar refractivity (Wildman–Crippen MR) is 84.0 cm³/mol. The zero-order valence-corrected chi connectivity index (χ0v) is 14.7. The Balaban J connectivity index is 4.85. The van der Waals surface area contributed by atoms with E-state index >= 15 is 0 Å². The zero-order valence-electron chi connectivity index (χ0n) is 13.9. The number of carbonyl (C=O) groups is 3. The number of hydrogen-bond donors (Lipinski definition) is 1. The Morgan fingerprint density at radius 2 is 1.87 bits per heavy atom. The largest absolute Gasteiger partial charge is 0.466 e. The molecule has 132 valence electrons. The molecule has 0 spiro atoms. The molecule has 23 heavy (non-hydrogen) atoms. The molecule has 0 rings (SSSR count). The van der Waals surface area contributed by atoms with Gasteiger partial charge in [0.2, 0.25) is 0 Å². The summed E-state index contributed by atoms with van der Waals surface area (Å²) in [6.07, 6.45) is 0.149. The van der Waals surface area contributed by atoms with Crippen molar-refractivity contribution in [3.05, 3.63) is 11.5 Å². The Hall–Kier alpha value is -1.90. The topological polar surface area (TPSA) is 108 Å². The highest BCUT2D eigenvalue weighted by molar-refractivity contribution is 7.88. The van der Waals surface area contributed by atoms with Crippen LogP contribution in [0.25, 0.3) is 0 Å². The molecule has 0 aromatic rings. The first-order valence-electron chi connectivity index (χ1n) is 6.88. The molecule has 0 aliphatic rings. The molecule has 0 saturated heterocycles. The standard InChI is InChI=1S/C14H23NO7S/c1-6-21-12(17)10(15-13(18)22-14(2,3)4)9-23(19)8-7-11(16)20-5/h7-8,10H,6,9H2,1-5H3,(H,15,18)/b8-7+/t10-,23?/m1/s1. The van der Waals surface area contributed by atoms with E-state index in [0.29, 0.717) is 0 Å². The van der Waals surface area contributed by atoms with Crippen LogP contribution in [0.1, 0.15) is 27.7 Å². The van der Waals surface area contributed by atoms with Gasteiger partial charge in [-0.25, -0.2) is 14.4 Å². The summed E-state index contributed by atoms with van der Waals surface area (Å²) < 4.78 is 26.1. The molecular weight excluding hydrogens is 326 g/mol. The maximum Gasteiger partial charge on any atom is 0.408 e. The molecule has 0 radical (unpaired) electrons. The van der Waals surface area contributed by atoms with E-state index in [4.69, 9.17) is 9.47 Å². The summed E-state index contributed by atoms with van der Waals surface area (Å²) in [6, 6.07) is -1.16. The number of esters is 2. The lowest BCUT2D eigenvalue weighted by Gasteiger charge is -2.22. The molecule has 8 nitrogen and oxygen atoms in total. The van der Waals surface area contributed by atoms with Crippen LogP contribution < -0.4 is 5.32 Å². The Labute approximate surface area is 138 Å². The average Bonchev–Trinajstić information content (AvgIpc) is 2.42. The SMILES string of the molecule is CCOC(=O)[C@@H](CS(=O)/C=C/C(=O)OC)NC(=O)OC(C)(C)C. The Morgan fingerprint density at radius 3 is 2.35 bits per heavy atom. The first kappa shape index (κ1) is 21.1.